The fraction of sp³-hybridized carbons (Fsp3) is 0.600. The molecule has 2 rings (SSSR count). The number of ether oxygens (including phenoxy) is 2. The largest absolute Gasteiger partial charge is 0.497 e. The van der Waals surface area contributed by atoms with E-state index in [0.29, 0.717) is 43.2 Å². The van der Waals surface area contributed by atoms with Gasteiger partial charge < -0.3 is 19.9 Å². The number of nitrogens with zero attached hydrogens (tertiary/aromatic N) is 1. The van der Waals surface area contributed by atoms with Crippen LogP contribution in [0.3, 0.4) is 0 Å². The van der Waals surface area contributed by atoms with Crippen LogP contribution in [0.5, 0.6) is 11.5 Å². The molecule has 1 atom stereocenters. The van der Waals surface area contributed by atoms with Crippen molar-refractivity contribution in [1.29, 1.82) is 0 Å². The molecule has 0 unspecified atom stereocenters. The van der Waals surface area contributed by atoms with Crippen molar-refractivity contribution in [3.63, 3.8) is 0 Å². The lowest BCUT2D eigenvalue weighted by molar-refractivity contribution is -0.119. The lowest BCUT2D eigenvalue weighted by Crippen LogP contribution is -2.51. The summed E-state index contributed by atoms with van der Waals surface area (Å²) in [4.78, 5) is 1.67. The molecule has 0 amide bonds. The topological polar surface area (TPSA) is 54.0 Å². The maximum atomic E-state index is 14.4. The summed E-state index contributed by atoms with van der Waals surface area (Å²) in [5.74, 6) is -2.45. The fourth-order valence-electron chi connectivity index (χ4n) is 2.77. The normalized spacial score (nSPS) is 18.0. The molecule has 1 aliphatic rings. The van der Waals surface area contributed by atoms with Crippen molar-refractivity contribution in [2.24, 2.45) is 0 Å². The van der Waals surface area contributed by atoms with Gasteiger partial charge in [-0.1, -0.05) is 0 Å². The van der Waals surface area contributed by atoms with Crippen LogP contribution in [0.2, 0.25) is 0 Å². The van der Waals surface area contributed by atoms with E-state index in [2.05, 4.69) is 5.32 Å². The Labute approximate surface area is 128 Å². The van der Waals surface area contributed by atoms with E-state index >= 15 is 0 Å². The van der Waals surface area contributed by atoms with E-state index in [4.69, 9.17) is 9.47 Å². The van der Waals surface area contributed by atoms with Gasteiger partial charge in [-0.15, -0.1) is 0 Å². The van der Waals surface area contributed by atoms with Gasteiger partial charge in [0.15, 0.2) is 0 Å². The van der Waals surface area contributed by atoms with Crippen molar-refractivity contribution < 1.29 is 23.4 Å². The number of aliphatic hydroxyl groups excluding tert-OH is 1. The van der Waals surface area contributed by atoms with E-state index < -0.39 is 18.6 Å². The van der Waals surface area contributed by atoms with Crippen molar-refractivity contribution in [3.05, 3.63) is 23.8 Å². The van der Waals surface area contributed by atoms with E-state index in [9.17, 15) is 13.9 Å². The molecule has 1 aliphatic heterocycles. The van der Waals surface area contributed by atoms with Gasteiger partial charge in [0.1, 0.15) is 24.1 Å². The van der Waals surface area contributed by atoms with Gasteiger partial charge in [0.2, 0.25) is 0 Å². The average molecular weight is 316 g/mol. The minimum Gasteiger partial charge on any atom is -0.497 e. The van der Waals surface area contributed by atoms with Crippen LogP contribution in [0.1, 0.15) is 11.6 Å². The molecule has 2 N–H and O–H groups in total. The molecule has 0 aliphatic carbocycles. The lowest BCUT2D eigenvalue weighted by atomic mass is 9.97. The number of aliphatic hydroxyl groups is 1. The van der Waals surface area contributed by atoms with Gasteiger partial charge in [0.05, 0.1) is 14.2 Å². The third kappa shape index (κ3) is 3.48. The number of hydrogen-bond acceptors (Lipinski definition) is 5. The van der Waals surface area contributed by atoms with E-state index in [1.165, 1.54) is 14.2 Å². The molecular weight excluding hydrogens is 294 g/mol. The molecule has 0 saturated carbocycles. The number of rotatable bonds is 6. The highest BCUT2D eigenvalue weighted by Gasteiger charge is 2.45. The van der Waals surface area contributed by atoms with E-state index in [1.807, 2.05) is 0 Å². The number of halogens is 2. The molecule has 0 aromatic heterocycles. The maximum absolute atomic E-state index is 14.4. The quantitative estimate of drug-likeness (QED) is 0.828. The Balaban J connectivity index is 2.47. The van der Waals surface area contributed by atoms with Crippen LogP contribution in [0.15, 0.2) is 18.2 Å². The predicted octanol–water partition coefficient (Wildman–Crippen LogP) is 1.28. The first-order valence-electron chi connectivity index (χ1n) is 7.19. The average Bonchev–Trinajstić information content (AvgIpc) is 2.55. The number of nitrogens with one attached hydrogen (secondary N) is 1. The minimum absolute atomic E-state index is 0.322. The molecule has 1 aromatic carbocycles. The second kappa shape index (κ2) is 7.21. The standard InChI is InChI=1S/C15H22F2N2O3/c1-21-11-3-4-13(22-2)12(9-11)14(15(16,17)10-20)19-7-5-18-6-8-19/h3-4,9,14,18,20H,5-8,10H2,1-2H3/t14-/m0/s1. The molecule has 0 bridgehead atoms. The number of piperazine rings is 1. The van der Waals surface area contributed by atoms with Gasteiger partial charge in [-0.25, -0.2) is 8.78 Å². The first-order valence-corrected chi connectivity index (χ1v) is 7.19. The van der Waals surface area contributed by atoms with Gasteiger partial charge in [0, 0.05) is 31.7 Å². The Hall–Kier alpha value is -1.44. The van der Waals surface area contributed by atoms with E-state index in [-0.39, 0.29) is 0 Å². The Morgan fingerprint density at radius 3 is 2.50 bits per heavy atom. The second-order valence-electron chi connectivity index (χ2n) is 5.22. The highest BCUT2D eigenvalue weighted by molar-refractivity contribution is 5.43. The zero-order chi connectivity index (χ0) is 16.2. The van der Waals surface area contributed by atoms with Gasteiger partial charge in [-0.3, -0.25) is 4.90 Å². The summed E-state index contributed by atoms with van der Waals surface area (Å²) in [7, 11) is 2.92. The Kier molecular flexibility index (Phi) is 5.55. The van der Waals surface area contributed by atoms with Crippen molar-refractivity contribution in [1.82, 2.24) is 10.2 Å². The molecule has 5 nitrogen and oxygen atoms in total. The lowest BCUT2D eigenvalue weighted by Gasteiger charge is -2.39. The van der Waals surface area contributed by atoms with Crippen LogP contribution < -0.4 is 14.8 Å². The van der Waals surface area contributed by atoms with Crippen LogP contribution in [0.4, 0.5) is 8.78 Å². The van der Waals surface area contributed by atoms with Crippen LogP contribution in [0.25, 0.3) is 0 Å². The van der Waals surface area contributed by atoms with Crippen molar-refractivity contribution in [2.45, 2.75) is 12.0 Å². The summed E-state index contributed by atoms with van der Waals surface area (Å²) in [5.41, 5.74) is 0.322. The molecule has 1 aromatic rings. The third-order valence-corrected chi connectivity index (χ3v) is 3.86. The number of hydrogen-bond donors (Lipinski definition) is 2. The second-order valence-corrected chi connectivity index (χ2v) is 5.22. The first kappa shape index (κ1) is 16.9. The zero-order valence-electron chi connectivity index (χ0n) is 12.8. The third-order valence-electron chi connectivity index (χ3n) is 3.86. The Bertz CT molecular complexity index is 494. The monoisotopic (exact) mass is 316 g/mol. The van der Waals surface area contributed by atoms with Crippen molar-refractivity contribution in [2.75, 3.05) is 47.0 Å². The fourth-order valence-corrected chi connectivity index (χ4v) is 2.77. The highest BCUT2D eigenvalue weighted by atomic mass is 19.3. The van der Waals surface area contributed by atoms with Crippen molar-refractivity contribution in [3.8, 4) is 11.5 Å². The molecule has 22 heavy (non-hydrogen) atoms. The van der Waals surface area contributed by atoms with Gasteiger partial charge in [-0.2, -0.15) is 0 Å². The van der Waals surface area contributed by atoms with Crippen LogP contribution >= 0.6 is 0 Å². The summed E-state index contributed by atoms with van der Waals surface area (Å²) < 4.78 is 39.2. The maximum Gasteiger partial charge on any atom is 0.290 e. The number of alkyl halides is 2. The molecule has 1 saturated heterocycles. The minimum atomic E-state index is -3.28. The molecule has 124 valence electrons. The van der Waals surface area contributed by atoms with Crippen LogP contribution in [-0.2, 0) is 0 Å². The highest BCUT2D eigenvalue weighted by Crippen LogP contribution is 2.41. The summed E-state index contributed by atoms with van der Waals surface area (Å²) >= 11 is 0. The molecule has 0 radical (unpaired) electrons. The Morgan fingerprint density at radius 2 is 1.95 bits per heavy atom. The first-order chi connectivity index (χ1) is 10.5. The Morgan fingerprint density at radius 1 is 1.27 bits per heavy atom. The zero-order valence-corrected chi connectivity index (χ0v) is 12.8. The molecule has 7 heteroatoms. The molecule has 0 spiro atoms. The SMILES string of the molecule is COc1ccc(OC)c([C@H](N2CCNCC2)C(F)(F)CO)c1. The smallest absolute Gasteiger partial charge is 0.290 e. The number of methoxy groups -OCH3 is 2. The summed E-state index contributed by atoms with van der Waals surface area (Å²) in [6.07, 6.45) is 0. The molecule has 1 fully saturated rings. The summed E-state index contributed by atoms with van der Waals surface area (Å²) in [5, 5.41) is 12.3. The van der Waals surface area contributed by atoms with Gasteiger partial charge >= 0.3 is 0 Å². The van der Waals surface area contributed by atoms with E-state index in [1.54, 1.807) is 23.1 Å². The van der Waals surface area contributed by atoms with Crippen LogP contribution in [0, 0.1) is 0 Å². The van der Waals surface area contributed by atoms with Crippen molar-refractivity contribution >= 4 is 0 Å². The molecule has 1 heterocycles. The van der Waals surface area contributed by atoms with Gasteiger partial charge in [0.25, 0.3) is 5.92 Å². The molecular formula is C15H22F2N2O3. The van der Waals surface area contributed by atoms with E-state index in [0.717, 1.165) is 0 Å². The summed E-state index contributed by atoms with van der Waals surface area (Å²) in [6.45, 7) is 0.984. The van der Waals surface area contributed by atoms with Crippen LogP contribution in [-0.4, -0.2) is 62.9 Å². The summed E-state index contributed by atoms with van der Waals surface area (Å²) in [6, 6.07) is 3.56. The number of benzene rings is 1. The van der Waals surface area contributed by atoms with Gasteiger partial charge in [-0.05, 0) is 18.2 Å². The predicted molar refractivity (Wildman–Crippen MR) is 78.8 cm³/mol.